The molecule has 3 nitrogen and oxygen atoms in total. The van der Waals surface area contributed by atoms with Gasteiger partial charge in [-0.1, -0.05) is 19.1 Å². The fourth-order valence-electron chi connectivity index (χ4n) is 1.23. The SMILES string of the molecule is CCc1cccc(OCC(N)CC#N)c1. The quantitative estimate of drug-likeness (QED) is 0.796. The van der Waals surface area contributed by atoms with Crippen LogP contribution in [0.25, 0.3) is 0 Å². The summed E-state index contributed by atoms with van der Waals surface area (Å²) >= 11 is 0. The standard InChI is InChI=1S/C12H16N2O/c1-2-10-4-3-5-12(8-10)15-9-11(14)6-7-13/h3-5,8,11H,2,6,9,14H2,1H3. The first-order chi connectivity index (χ1) is 7.26. The molecule has 0 aliphatic heterocycles. The van der Waals surface area contributed by atoms with Crippen LogP contribution in [0, 0.1) is 11.3 Å². The largest absolute Gasteiger partial charge is 0.492 e. The predicted molar refractivity (Wildman–Crippen MR) is 59.5 cm³/mol. The van der Waals surface area contributed by atoms with Crippen LogP contribution in [-0.2, 0) is 6.42 Å². The minimum atomic E-state index is -0.208. The highest BCUT2D eigenvalue weighted by Gasteiger charge is 2.02. The summed E-state index contributed by atoms with van der Waals surface area (Å²) in [6.45, 7) is 2.49. The van der Waals surface area contributed by atoms with Crippen LogP contribution in [-0.4, -0.2) is 12.6 Å². The molecule has 1 unspecified atom stereocenters. The molecule has 0 bridgehead atoms. The fraction of sp³-hybridized carbons (Fsp3) is 0.417. The van der Waals surface area contributed by atoms with E-state index in [1.807, 2.05) is 24.3 Å². The number of nitriles is 1. The summed E-state index contributed by atoms with van der Waals surface area (Å²) in [6, 6.07) is 9.73. The van der Waals surface area contributed by atoms with E-state index in [2.05, 4.69) is 13.0 Å². The molecule has 0 heterocycles. The van der Waals surface area contributed by atoms with Gasteiger partial charge in [-0.15, -0.1) is 0 Å². The van der Waals surface area contributed by atoms with E-state index in [-0.39, 0.29) is 6.04 Å². The van der Waals surface area contributed by atoms with Crippen LogP contribution in [0.5, 0.6) is 5.75 Å². The van der Waals surface area contributed by atoms with E-state index in [1.54, 1.807) is 0 Å². The lowest BCUT2D eigenvalue weighted by Crippen LogP contribution is -2.27. The predicted octanol–water partition coefficient (Wildman–Crippen LogP) is 1.87. The van der Waals surface area contributed by atoms with Crippen molar-refractivity contribution in [2.24, 2.45) is 5.73 Å². The molecular weight excluding hydrogens is 188 g/mol. The Hall–Kier alpha value is -1.53. The average molecular weight is 204 g/mol. The molecule has 0 spiro atoms. The Morgan fingerprint density at radius 3 is 3.00 bits per heavy atom. The molecule has 1 aromatic rings. The molecule has 0 aliphatic carbocycles. The third-order valence-electron chi connectivity index (χ3n) is 2.12. The molecule has 0 saturated heterocycles. The van der Waals surface area contributed by atoms with Gasteiger partial charge in [0.25, 0.3) is 0 Å². The van der Waals surface area contributed by atoms with Gasteiger partial charge in [0.05, 0.1) is 18.5 Å². The summed E-state index contributed by atoms with van der Waals surface area (Å²) in [7, 11) is 0. The molecule has 1 atom stereocenters. The highest BCUT2D eigenvalue weighted by atomic mass is 16.5. The van der Waals surface area contributed by atoms with Crippen LogP contribution in [0.15, 0.2) is 24.3 Å². The fourth-order valence-corrected chi connectivity index (χ4v) is 1.23. The van der Waals surface area contributed by atoms with Gasteiger partial charge in [-0.05, 0) is 24.1 Å². The minimum absolute atomic E-state index is 0.208. The zero-order valence-electron chi connectivity index (χ0n) is 8.94. The van der Waals surface area contributed by atoms with E-state index < -0.39 is 0 Å². The maximum absolute atomic E-state index is 8.43. The number of rotatable bonds is 5. The van der Waals surface area contributed by atoms with Crippen molar-refractivity contribution in [2.75, 3.05) is 6.61 Å². The smallest absolute Gasteiger partial charge is 0.119 e. The number of nitrogens with two attached hydrogens (primary N) is 1. The zero-order chi connectivity index (χ0) is 11.1. The third-order valence-corrected chi connectivity index (χ3v) is 2.12. The lowest BCUT2D eigenvalue weighted by molar-refractivity contribution is 0.289. The van der Waals surface area contributed by atoms with Gasteiger partial charge < -0.3 is 10.5 Å². The van der Waals surface area contributed by atoms with Gasteiger partial charge in [-0.2, -0.15) is 5.26 Å². The molecule has 0 aliphatic rings. The highest BCUT2D eigenvalue weighted by molar-refractivity contribution is 5.28. The van der Waals surface area contributed by atoms with E-state index in [0.29, 0.717) is 13.0 Å². The lowest BCUT2D eigenvalue weighted by atomic mass is 10.2. The molecule has 0 radical (unpaired) electrons. The molecule has 1 rings (SSSR count). The first-order valence-electron chi connectivity index (χ1n) is 5.10. The topological polar surface area (TPSA) is 59.0 Å². The van der Waals surface area contributed by atoms with Crippen LogP contribution >= 0.6 is 0 Å². The van der Waals surface area contributed by atoms with Crippen LogP contribution in [0.4, 0.5) is 0 Å². The summed E-state index contributed by atoms with van der Waals surface area (Å²) in [5, 5.41) is 8.43. The molecule has 0 amide bonds. The first-order valence-corrected chi connectivity index (χ1v) is 5.10. The van der Waals surface area contributed by atoms with E-state index in [4.69, 9.17) is 15.7 Å². The Balaban J connectivity index is 2.47. The average Bonchev–Trinajstić information content (AvgIpc) is 2.27. The molecule has 0 saturated carbocycles. The Kier molecular flexibility index (Phi) is 4.65. The molecule has 80 valence electrons. The Morgan fingerprint density at radius 1 is 1.53 bits per heavy atom. The van der Waals surface area contributed by atoms with Gasteiger partial charge >= 0.3 is 0 Å². The maximum Gasteiger partial charge on any atom is 0.119 e. The van der Waals surface area contributed by atoms with Crippen molar-refractivity contribution < 1.29 is 4.74 Å². The van der Waals surface area contributed by atoms with Gasteiger partial charge in [0.2, 0.25) is 0 Å². The number of nitrogens with zero attached hydrogens (tertiary/aromatic N) is 1. The van der Waals surface area contributed by atoms with Gasteiger partial charge in [0, 0.05) is 0 Å². The number of hydrogen-bond acceptors (Lipinski definition) is 3. The molecule has 0 fully saturated rings. The van der Waals surface area contributed by atoms with Crippen LogP contribution in [0.2, 0.25) is 0 Å². The molecule has 2 N–H and O–H groups in total. The van der Waals surface area contributed by atoms with E-state index in [0.717, 1.165) is 12.2 Å². The maximum atomic E-state index is 8.43. The van der Waals surface area contributed by atoms with Gasteiger partial charge in [0.15, 0.2) is 0 Å². The Morgan fingerprint density at radius 2 is 2.33 bits per heavy atom. The Bertz CT molecular complexity index is 344. The van der Waals surface area contributed by atoms with Crippen LogP contribution in [0.1, 0.15) is 18.9 Å². The number of aryl methyl sites for hydroxylation is 1. The first kappa shape index (κ1) is 11.5. The second kappa shape index (κ2) is 6.05. The van der Waals surface area contributed by atoms with E-state index in [9.17, 15) is 0 Å². The number of ether oxygens (including phenoxy) is 1. The van der Waals surface area contributed by atoms with Crippen molar-refractivity contribution in [3.8, 4) is 11.8 Å². The molecule has 15 heavy (non-hydrogen) atoms. The second-order valence-electron chi connectivity index (χ2n) is 3.43. The van der Waals surface area contributed by atoms with Crippen molar-refractivity contribution in [2.45, 2.75) is 25.8 Å². The van der Waals surface area contributed by atoms with E-state index in [1.165, 1.54) is 5.56 Å². The summed E-state index contributed by atoms with van der Waals surface area (Å²) in [5.74, 6) is 0.822. The number of benzene rings is 1. The normalized spacial score (nSPS) is 11.8. The highest BCUT2D eigenvalue weighted by Crippen LogP contribution is 2.13. The van der Waals surface area contributed by atoms with Crippen molar-refractivity contribution in [3.63, 3.8) is 0 Å². The summed E-state index contributed by atoms with van der Waals surface area (Å²) in [6.07, 6.45) is 1.31. The summed E-state index contributed by atoms with van der Waals surface area (Å²) < 4.78 is 5.49. The zero-order valence-corrected chi connectivity index (χ0v) is 8.94. The van der Waals surface area contributed by atoms with Crippen LogP contribution < -0.4 is 10.5 Å². The monoisotopic (exact) mass is 204 g/mol. The minimum Gasteiger partial charge on any atom is -0.492 e. The third kappa shape index (κ3) is 4.01. The van der Waals surface area contributed by atoms with Gasteiger partial charge in [-0.25, -0.2) is 0 Å². The van der Waals surface area contributed by atoms with Crippen molar-refractivity contribution in [3.05, 3.63) is 29.8 Å². The van der Waals surface area contributed by atoms with Crippen molar-refractivity contribution in [1.29, 1.82) is 5.26 Å². The van der Waals surface area contributed by atoms with Gasteiger partial charge in [-0.3, -0.25) is 0 Å². The summed E-state index contributed by atoms with van der Waals surface area (Å²) in [5.41, 5.74) is 6.89. The lowest BCUT2D eigenvalue weighted by Gasteiger charge is -2.10. The van der Waals surface area contributed by atoms with Crippen LogP contribution in [0.3, 0.4) is 0 Å². The number of hydrogen-bond donors (Lipinski definition) is 1. The van der Waals surface area contributed by atoms with Gasteiger partial charge in [0.1, 0.15) is 12.4 Å². The second-order valence-corrected chi connectivity index (χ2v) is 3.43. The Labute approximate surface area is 90.5 Å². The molecular formula is C12H16N2O. The molecule has 3 heteroatoms. The molecule has 1 aromatic carbocycles. The van der Waals surface area contributed by atoms with Crippen molar-refractivity contribution in [1.82, 2.24) is 0 Å². The van der Waals surface area contributed by atoms with Crippen molar-refractivity contribution >= 4 is 0 Å². The summed E-state index contributed by atoms with van der Waals surface area (Å²) in [4.78, 5) is 0. The molecule has 0 aromatic heterocycles. The van der Waals surface area contributed by atoms with E-state index >= 15 is 0 Å².